The molecule has 2 aromatic rings. The molecule has 0 amide bonds. The fraction of sp³-hybridized carbons (Fsp3) is 0.333. The molecule has 0 unspecified atom stereocenters. The summed E-state index contributed by atoms with van der Waals surface area (Å²) < 4.78 is 0. The maximum atomic E-state index is 9.83. The molecule has 94 valence electrons. The van der Waals surface area contributed by atoms with Gasteiger partial charge < -0.3 is 10.4 Å². The number of aryl methyl sites for hydroxylation is 2. The van der Waals surface area contributed by atoms with Crippen molar-refractivity contribution in [3.63, 3.8) is 0 Å². The molecule has 1 aliphatic heterocycles. The first-order chi connectivity index (χ1) is 8.65. The van der Waals surface area contributed by atoms with E-state index < -0.39 is 0 Å². The van der Waals surface area contributed by atoms with Gasteiger partial charge in [0.1, 0.15) is 5.75 Å². The predicted octanol–water partition coefficient (Wildman–Crippen LogP) is 3.38. The number of thiophene rings is 1. The molecule has 0 atom stereocenters. The summed E-state index contributed by atoms with van der Waals surface area (Å²) in [4.78, 5) is 2.82. The Morgan fingerprint density at radius 2 is 1.89 bits per heavy atom. The quantitative estimate of drug-likeness (QED) is 0.823. The predicted molar refractivity (Wildman–Crippen MR) is 76.3 cm³/mol. The Morgan fingerprint density at radius 1 is 1.17 bits per heavy atom. The van der Waals surface area contributed by atoms with Gasteiger partial charge in [0.15, 0.2) is 0 Å². The van der Waals surface area contributed by atoms with Crippen LogP contribution in [0.2, 0.25) is 0 Å². The van der Waals surface area contributed by atoms with E-state index in [2.05, 4.69) is 23.5 Å². The highest BCUT2D eigenvalue weighted by Crippen LogP contribution is 2.36. The van der Waals surface area contributed by atoms with Gasteiger partial charge in [0, 0.05) is 22.8 Å². The van der Waals surface area contributed by atoms with Crippen LogP contribution in [0.15, 0.2) is 18.2 Å². The molecule has 0 spiro atoms. The van der Waals surface area contributed by atoms with Crippen LogP contribution < -0.4 is 5.32 Å². The third-order valence-corrected chi connectivity index (χ3v) is 4.80. The van der Waals surface area contributed by atoms with E-state index >= 15 is 0 Å². The summed E-state index contributed by atoms with van der Waals surface area (Å²) in [5, 5.41) is 13.2. The molecule has 0 radical (unpaired) electrons. The number of fused-ring (bicyclic) bond motifs is 1. The van der Waals surface area contributed by atoms with E-state index in [-0.39, 0.29) is 0 Å². The molecule has 0 aliphatic carbocycles. The van der Waals surface area contributed by atoms with Crippen LogP contribution in [0.1, 0.15) is 21.6 Å². The number of aromatic hydroxyl groups is 1. The average Bonchev–Trinajstić information content (AvgIpc) is 2.79. The summed E-state index contributed by atoms with van der Waals surface area (Å²) in [5.41, 5.74) is 4.57. The molecule has 2 N–H and O–H groups in total. The van der Waals surface area contributed by atoms with Crippen LogP contribution in [-0.4, -0.2) is 11.7 Å². The molecule has 3 heteroatoms. The van der Waals surface area contributed by atoms with Crippen molar-refractivity contribution >= 4 is 11.3 Å². The summed E-state index contributed by atoms with van der Waals surface area (Å²) in [6, 6.07) is 6.44. The Kier molecular flexibility index (Phi) is 2.88. The van der Waals surface area contributed by atoms with Crippen LogP contribution in [0.4, 0.5) is 0 Å². The number of hydrogen-bond acceptors (Lipinski definition) is 3. The maximum absolute atomic E-state index is 9.83. The minimum absolute atomic E-state index is 0.418. The highest BCUT2D eigenvalue weighted by atomic mass is 32.1. The van der Waals surface area contributed by atoms with Crippen LogP contribution in [0.25, 0.3) is 10.4 Å². The highest BCUT2D eigenvalue weighted by Gasteiger charge is 2.14. The monoisotopic (exact) mass is 259 g/mol. The van der Waals surface area contributed by atoms with Crippen LogP contribution >= 0.6 is 11.3 Å². The molecule has 2 nitrogen and oxygen atoms in total. The SMILES string of the molecule is Cc1cc(-c2cc3c(s2)CCNC3)cc(C)c1O. The normalized spacial score (nSPS) is 14.6. The van der Waals surface area contributed by atoms with E-state index in [1.807, 2.05) is 25.2 Å². The second kappa shape index (κ2) is 4.41. The molecular weight excluding hydrogens is 242 g/mol. The van der Waals surface area contributed by atoms with E-state index in [1.54, 1.807) is 0 Å². The standard InChI is InChI=1S/C15H17NOS/c1-9-5-11(6-10(2)15(9)17)14-7-12-8-16-4-3-13(12)18-14/h5-7,16-17H,3-4,8H2,1-2H3. The van der Waals surface area contributed by atoms with Gasteiger partial charge in [-0.15, -0.1) is 11.3 Å². The molecule has 1 aliphatic rings. The van der Waals surface area contributed by atoms with E-state index in [0.717, 1.165) is 30.6 Å². The molecule has 1 aromatic carbocycles. The second-order valence-electron chi connectivity index (χ2n) is 4.94. The Morgan fingerprint density at radius 3 is 2.56 bits per heavy atom. The van der Waals surface area contributed by atoms with Crippen molar-refractivity contribution in [2.24, 2.45) is 0 Å². The number of benzene rings is 1. The fourth-order valence-electron chi connectivity index (χ4n) is 2.49. The zero-order valence-electron chi connectivity index (χ0n) is 10.7. The first-order valence-corrected chi connectivity index (χ1v) is 7.09. The third-order valence-electron chi connectivity index (χ3n) is 3.52. The number of phenolic OH excluding ortho intramolecular Hbond substituents is 1. The number of hydrogen-bond donors (Lipinski definition) is 2. The van der Waals surface area contributed by atoms with Crippen molar-refractivity contribution in [3.05, 3.63) is 39.8 Å². The van der Waals surface area contributed by atoms with Gasteiger partial charge in [-0.25, -0.2) is 0 Å². The molecule has 0 bridgehead atoms. The lowest BCUT2D eigenvalue weighted by Gasteiger charge is -2.10. The lowest BCUT2D eigenvalue weighted by Crippen LogP contribution is -2.21. The first kappa shape index (κ1) is 11.8. The van der Waals surface area contributed by atoms with Gasteiger partial charge in [-0.3, -0.25) is 0 Å². The van der Waals surface area contributed by atoms with Crippen molar-refractivity contribution in [2.75, 3.05) is 6.54 Å². The van der Waals surface area contributed by atoms with Gasteiger partial charge in [-0.05, 0) is 60.7 Å². The van der Waals surface area contributed by atoms with Crippen molar-refractivity contribution in [1.82, 2.24) is 5.32 Å². The lowest BCUT2D eigenvalue weighted by atomic mass is 10.0. The summed E-state index contributed by atoms with van der Waals surface area (Å²) in [5.74, 6) is 0.418. The lowest BCUT2D eigenvalue weighted by molar-refractivity contribution is 0.467. The van der Waals surface area contributed by atoms with Gasteiger partial charge in [-0.1, -0.05) is 0 Å². The molecule has 2 heterocycles. The largest absolute Gasteiger partial charge is 0.507 e. The minimum atomic E-state index is 0.418. The molecular formula is C15H17NOS. The molecule has 0 saturated heterocycles. The molecule has 0 fully saturated rings. The maximum Gasteiger partial charge on any atom is 0.121 e. The van der Waals surface area contributed by atoms with Crippen LogP contribution in [0, 0.1) is 13.8 Å². The van der Waals surface area contributed by atoms with Crippen molar-refractivity contribution < 1.29 is 5.11 Å². The summed E-state index contributed by atoms with van der Waals surface area (Å²) in [7, 11) is 0. The zero-order chi connectivity index (χ0) is 12.7. The van der Waals surface area contributed by atoms with Crippen molar-refractivity contribution in [1.29, 1.82) is 0 Å². The van der Waals surface area contributed by atoms with E-state index in [4.69, 9.17) is 0 Å². The first-order valence-electron chi connectivity index (χ1n) is 6.28. The Hall–Kier alpha value is -1.32. The summed E-state index contributed by atoms with van der Waals surface area (Å²) >= 11 is 1.89. The fourth-order valence-corrected chi connectivity index (χ4v) is 3.66. The minimum Gasteiger partial charge on any atom is -0.507 e. The van der Waals surface area contributed by atoms with Gasteiger partial charge in [-0.2, -0.15) is 0 Å². The van der Waals surface area contributed by atoms with E-state index in [0.29, 0.717) is 5.75 Å². The highest BCUT2D eigenvalue weighted by molar-refractivity contribution is 7.15. The van der Waals surface area contributed by atoms with Gasteiger partial charge in [0.05, 0.1) is 0 Å². The number of phenols is 1. The van der Waals surface area contributed by atoms with Crippen molar-refractivity contribution in [3.8, 4) is 16.2 Å². The van der Waals surface area contributed by atoms with Crippen LogP contribution in [0.5, 0.6) is 5.75 Å². The summed E-state index contributed by atoms with van der Waals surface area (Å²) in [6.45, 7) is 5.99. The Labute approximate surface area is 111 Å². The van der Waals surface area contributed by atoms with Crippen LogP contribution in [0.3, 0.4) is 0 Å². The van der Waals surface area contributed by atoms with Gasteiger partial charge >= 0.3 is 0 Å². The summed E-state index contributed by atoms with van der Waals surface area (Å²) in [6.07, 6.45) is 1.13. The van der Waals surface area contributed by atoms with Gasteiger partial charge in [0.2, 0.25) is 0 Å². The zero-order valence-corrected chi connectivity index (χ0v) is 11.5. The number of rotatable bonds is 1. The molecule has 3 rings (SSSR count). The smallest absolute Gasteiger partial charge is 0.121 e. The second-order valence-corrected chi connectivity index (χ2v) is 6.08. The molecule has 18 heavy (non-hydrogen) atoms. The third kappa shape index (κ3) is 1.93. The van der Waals surface area contributed by atoms with Crippen molar-refractivity contribution in [2.45, 2.75) is 26.8 Å². The van der Waals surface area contributed by atoms with Crippen LogP contribution in [-0.2, 0) is 13.0 Å². The van der Waals surface area contributed by atoms with Gasteiger partial charge in [0.25, 0.3) is 0 Å². The average molecular weight is 259 g/mol. The molecule has 0 saturated carbocycles. The number of nitrogens with one attached hydrogen (secondary N) is 1. The molecule has 1 aromatic heterocycles. The Balaban J connectivity index is 2.07. The topological polar surface area (TPSA) is 32.3 Å². The van der Waals surface area contributed by atoms with E-state index in [9.17, 15) is 5.11 Å². The van der Waals surface area contributed by atoms with E-state index in [1.165, 1.54) is 20.9 Å². The Bertz CT molecular complexity index is 554.